The van der Waals surface area contributed by atoms with E-state index in [1.165, 1.54) is 4.31 Å². The van der Waals surface area contributed by atoms with Gasteiger partial charge >= 0.3 is 0 Å². The zero-order valence-electron chi connectivity index (χ0n) is 17.4. The van der Waals surface area contributed by atoms with Crippen molar-refractivity contribution in [1.82, 2.24) is 0 Å². The molecule has 162 valence electrons. The van der Waals surface area contributed by atoms with Crippen molar-refractivity contribution >= 4 is 31.4 Å². The number of benzene rings is 3. The summed E-state index contributed by atoms with van der Waals surface area (Å²) in [6.07, 6.45) is 1.33. The predicted octanol–water partition coefficient (Wildman–Crippen LogP) is 4.25. The number of hydrogen-bond acceptors (Lipinski definition) is 4. The Hall–Kier alpha value is -2.84. The first-order chi connectivity index (χ1) is 14.7. The highest BCUT2D eigenvalue weighted by Crippen LogP contribution is 2.34. The van der Waals surface area contributed by atoms with E-state index in [2.05, 4.69) is 4.72 Å². The van der Waals surface area contributed by atoms with E-state index in [0.717, 1.165) is 16.7 Å². The number of anilines is 2. The fraction of sp³-hybridized carbons (Fsp3) is 0.217. The van der Waals surface area contributed by atoms with Crippen molar-refractivity contribution in [2.45, 2.75) is 36.5 Å². The summed E-state index contributed by atoms with van der Waals surface area (Å²) in [6.45, 7) is 4.13. The van der Waals surface area contributed by atoms with Gasteiger partial charge in [-0.25, -0.2) is 16.8 Å². The topological polar surface area (TPSA) is 83.6 Å². The summed E-state index contributed by atoms with van der Waals surface area (Å²) in [6, 6.07) is 18.5. The van der Waals surface area contributed by atoms with Gasteiger partial charge in [-0.15, -0.1) is 0 Å². The van der Waals surface area contributed by atoms with Gasteiger partial charge in [0, 0.05) is 12.2 Å². The van der Waals surface area contributed by atoms with Crippen molar-refractivity contribution < 1.29 is 16.8 Å². The first-order valence-corrected chi connectivity index (χ1v) is 12.9. The molecule has 1 aliphatic rings. The summed E-state index contributed by atoms with van der Waals surface area (Å²) in [5.41, 5.74) is 3.64. The minimum atomic E-state index is -3.73. The van der Waals surface area contributed by atoms with E-state index in [1.54, 1.807) is 60.7 Å². The molecule has 0 radical (unpaired) electrons. The van der Waals surface area contributed by atoms with Crippen LogP contribution in [0.3, 0.4) is 0 Å². The monoisotopic (exact) mass is 456 g/mol. The molecule has 1 N–H and O–H groups in total. The van der Waals surface area contributed by atoms with Gasteiger partial charge in [0.25, 0.3) is 20.0 Å². The SMILES string of the molecule is Cc1ccc(S(=O)(=O)N2CCCc3cc(NS(=O)(=O)c4cccc(C)c4)ccc32)cc1. The van der Waals surface area contributed by atoms with Gasteiger partial charge < -0.3 is 0 Å². The maximum atomic E-state index is 13.2. The lowest BCUT2D eigenvalue weighted by Gasteiger charge is -2.31. The van der Waals surface area contributed by atoms with Crippen molar-refractivity contribution in [1.29, 1.82) is 0 Å². The third-order valence-electron chi connectivity index (χ3n) is 5.32. The van der Waals surface area contributed by atoms with Crippen LogP contribution in [0.5, 0.6) is 0 Å². The van der Waals surface area contributed by atoms with Gasteiger partial charge in [-0.1, -0.05) is 29.8 Å². The summed E-state index contributed by atoms with van der Waals surface area (Å²) in [5.74, 6) is 0. The van der Waals surface area contributed by atoms with Crippen LogP contribution in [0.15, 0.2) is 76.5 Å². The lowest BCUT2D eigenvalue weighted by atomic mass is 10.0. The molecule has 0 atom stereocenters. The summed E-state index contributed by atoms with van der Waals surface area (Å²) in [7, 11) is -7.43. The molecule has 3 aromatic rings. The third-order valence-corrected chi connectivity index (χ3v) is 8.52. The van der Waals surface area contributed by atoms with E-state index in [0.29, 0.717) is 30.8 Å². The lowest BCUT2D eigenvalue weighted by molar-refractivity contribution is 0.586. The zero-order valence-corrected chi connectivity index (χ0v) is 19.0. The average molecular weight is 457 g/mol. The summed E-state index contributed by atoms with van der Waals surface area (Å²) >= 11 is 0. The normalized spacial score (nSPS) is 14.2. The van der Waals surface area contributed by atoms with E-state index in [9.17, 15) is 16.8 Å². The maximum Gasteiger partial charge on any atom is 0.264 e. The van der Waals surface area contributed by atoms with E-state index < -0.39 is 20.0 Å². The molecule has 0 fully saturated rings. The number of nitrogens with zero attached hydrogens (tertiary/aromatic N) is 1. The van der Waals surface area contributed by atoms with Crippen LogP contribution in [0.1, 0.15) is 23.1 Å². The fourth-order valence-corrected chi connectivity index (χ4v) is 6.40. The first-order valence-electron chi connectivity index (χ1n) is 9.99. The van der Waals surface area contributed by atoms with Crippen LogP contribution in [-0.4, -0.2) is 23.4 Å². The number of aryl methyl sites for hydroxylation is 3. The van der Waals surface area contributed by atoms with E-state index >= 15 is 0 Å². The molecule has 8 heteroatoms. The van der Waals surface area contributed by atoms with Gasteiger partial charge in [0.1, 0.15) is 0 Å². The van der Waals surface area contributed by atoms with Crippen LogP contribution >= 0.6 is 0 Å². The molecule has 0 aromatic heterocycles. The van der Waals surface area contributed by atoms with Crippen LogP contribution in [0, 0.1) is 13.8 Å². The molecule has 0 unspecified atom stereocenters. The highest BCUT2D eigenvalue weighted by Gasteiger charge is 2.29. The highest BCUT2D eigenvalue weighted by atomic mass is 32.2. The van der Waals surface area contributed by atoms with E-state index in [1.807, 2.05) is 19.9 Å². The molecule has 3 aromatic carbocycles. The summed E-state index contributed by atoms with van der Waals surface area (Å²) in [5, 5.41) is 0. The minimum absolute atomic E-state index is 0.189. The van der Waals surface area contributed by atoms with Crippen LogP contribution in [0.25, 0.3) is 0 Å². The van der Waals surface area contributed by atoms with Gasteiger partial charge in [0.05, 0.1) is 15.5 Å². The third kappa shape index (κ3) is 4.31. The molecule has 0 saturated heterocycles. The molecule has 1 aliphatic heterocycles. The average Bonchev–Trinajstić information content (AvgIpc) is 2.73. The molecule has 0 spiro atoms. The van der Waals surface area contributed by atoms with Crippen LogP contribution in [0.4, 0.5) is 11.4 Å². The molecule has 0 amide bonds. The van der Waals surface area contributed by atoms with E-state index in [-0.39, 0.29) is 9.79 Å². The Morgan fingerprint density at radius 1 is 0.806 bits per heavy atom. The van der Waals surface area contributed by atoms with E-state index in [4.69, 9.17) is 0 Å². The molecule has 4 rings (SSSR count). The van der Waals surface area contributed by atoms with Crippen LogP contribution < -0.4 is 9.03 Å². The van der Waals surface area contributed by atoms with Gasteiger partial charge in [0.15, 0.2) is 0 Å². The van der Waals surface area contributed by atoms with Gasteiger partial charge in [-0.05, 0) is 80.3 Å². The van der Waals surface area contributed by atoms with Gasteiger partial charge in [0.2, 0.25) is 0 Å². The quantitative estimate of drug-likeness (QED) is 0.622. The fourth-order valence-electron chi connectivity index (χ4n) is 3.71. The highest BCUT2D eigenvalue weighted by molar-refractivity contribution is 7.93. The second-order valence-corrected chi connectivity index (χ2v) is 11.3. The number of rotatable bonds is 5. The van der Waals surface area contributed by atoms with Gasteiger partial charge in [-0.2, -0.15) is 0 Å². The molecule has 1 heterocycles. The summed E-state index contributed by atoms with van der Waals surface area (Å²) in [4.78, 5) is 0.434. The van der Waals surface area contributed by atoms with Crippen molar-refractivity contribution in [3.8, 4) is 0 Å². The predicted molar refractivity (Wildman–Crippen MR) is 122 cm³/mol. The number of sulfonamides is 2. The Balaban J connectivity index is 1.65. The Morgan fingerprint density at radius 3 is 2.26 bits per heavy atom. The molecule has 31 heavy (non-hydrogen) atoms. The number of fused-ring (bicyclic) bond motifs is 1. The zero-order chi connectivity index (χ0) is 22.2. The van der Waals surface area contributed by atoms with Crippen molar-refractivity contribution in [2.24, 2.45) is 0 Å². The largest absolute Gasteiger partial charge is 0.280 e. The molecule has 6 nitrogen and oxygen atoms in total. The molecular formula is C23H24N2O4S2. The number of nitrogens with one attached hydrogen (secondary N) is 1. The second kappa shape index (κ2) is 8.01. The molecule has 0 saturated carbocycles. The smallest absolute Gasteiger partial charge is 0.264 e. The maximum absolute atomic E-state index is 13.2. The molecule has 0 aliphatic carbocycles. The second-order valence-electron chi connectivity index (χ2n) is 7.76. The Labute approximate surface area is 183 Å². The van der Waals surface area contributed by atoms with Crippen molar-refractivity contribution in [2.75, 3.05) is 15.6 Å². The van der Waals surface area contributed by atoms with Gasteiger partial charge in [-0.3, -0.25) is 9.03 Å². The van der Waals surface area contributed by atoms with Crippen LogP contribution in [-0.2, 0) is 26.5 Å². The van der Waals surface area contributed by atoms with Crippen molar-refractivity contribution in [3.63, 3.8) is 0 Å². The first kappa shape index (κ1) is 21.4. The minimum Gasteiger partial charge on any atom is -0.280 e. The molecule has 0 bridgehead atoms. The Kier molecular flexibility index (Phi) is 5.53. The summed E-state index contributed by atoms with van der Waals surface area (Å²) < 4.78 is 55.9. The van der Waals surface area contributed by atoms with Crippen molar-refractivity contribution in [3.05, 3.63) is 83.4 Å². The lowest BCUT2D eigenvalue weighted by Crippen LogP contribution is -2.35. The standard InChI is InChI=1S/C23H24N2O4S2/c1-17-8-11-21(12-9-17)31(28,29)25-14-4-6-19-16-20(10-13-23(19)25)24-30(26,27)22-7-3-5-18(2)15-22/h3,5,7-13,15-16,24H,4,6,14H2,1-2H3. The van der Waals surface area contributed by atoms with Crippen LogP contribution in [0.2, 0.25) is 0 Å². The molecular weight excluding hydrogens is 432 g/mol. The Morgan fingerprint density at radius 2 is 1.55 bits per heavy atom. The Bertz CT molecular complexity index is 1330. The number of hydrogen-bond donors (Lipinski definition) is 1.